The maximum Gasteiger partial charge on any atom is 0.262 e. The molecular weight excluding hydrogens is 389 g/mol. The van der Waals surface area contributed by atoms with Gasteiger partial charge in [-0.1, -0.05) is 17.7 Å². The highest BCUT2D eigenvalue weighted by molar-refractivity contribution is 14.1. The van der Waals surface area contributed by atoms with Crippen molar-refractivity contribution in [1.29, 1.82) is 0 Å². The summed E-state index contributed by atoms with van der Waals surface area (Å²) in [6.07, 6.45) is 0. The summed E-state index contributed by atoms with van der Waals surface area (Å²) in [6, 6.07) is 12.9. The molecule has 0 spiro atoms. The third-order valence-electron chi connectivity index (χ3n) is 2.73. The zero-order valence-electron chi connectivity index (χ0n) is 10.8. The molecule has 0 saturated carbocycles. The molecule has 1 N–H and O–H groups in total. The first-order valence-electron chi connectivity index (χ1n) is 5.99. The lowest BCUT2D eigenvalue weighted by Crippen LogP contribution is -2.20. The van der Waals surface area contributed by atoms with Gasteiger partial charge in [-0.15, -0.1) is 0 Å². The molecular formula is C15H13ClINO2. The molecule has 0 saturated heterocycles. The number of ether oxygens (including phenoxy) is 1. The number of benzene rings is 2. The van der Waals surface area contributed by atoms with E-state index in [4.69, 9.17) is 16.3 Å². The van der Waals surface area contributed by atoms with E-state index in [9.17, 15) is 4.79 Å². The van der Waals surface area contributed by atoms with E-state index in [0.29, 0.717) is 16.5 Å². The van der Waals surface area contributed by atoms with Gasteiger partial charge in [0.15, 0.2) is 6.61 Å². The quantitative estimate of drug-likeness (QED) is 0.777. The minimum absolute atomic E-state index is 0.0352. The van der Waals surface area contributed by atoms with Crippen LogP contribution in [0.25, 0.3) is 0 Å². The van der Waals surface area contributed by atoms with Gasteiger partial charge in [-0.25, -0.2) is 0 Å². The van der Waals surface area contributed by atoms with Crippen molar-refractivity contribution in [3.05, 3.63) is 56.6 Å². The standard InChI is InChI=1S/C15H13ClINO2/c1-10-13(16)3-2-4-14(10)18-15(19)9-20-12-7-5-11(17)6-8-12/h2-8H,9H2,1H3,(H,18,19). The molecule has 0 aliphatic rings. The summed E-state index contributed by atoms with van der Waals surface area (Å²) in [7, 11) is 0. The average molecular weight is 402 g/mol. The van der Waals surface area contributed by atoms with E-state index < -0.39 is 0 Å². The summed E-state index contributed by atoms with van der Waals surface area (Å²) in [5.74, 6) is 0.456. The van der Waals surface area contributed by atoms with Gasteiger partial charge in [-0.2, -0.15) is 0 Å². The molecule has 5 heteroatoms. The van der Waals surface area contributed by atoms with Gasteiger partial charge in [0.1, 0.15) is 5.75 Å². The Kier molecular flexibility index (Phi) is 5.25. The number of halogens is 2. The minimum Gasteiger partial charge on any atom is -0.484 e. The van der Waals surface area contributed by atoms with E-state index in [-0.39, 0.29) is 12.5 Å². The fourth-order valence-corrected chi connectivity index (χ4v) is 2.14. The Bertz CT molecular complexity index is 614. The van der Waals surface area contributed by atoms with E-state index in [2.05, 4.69) is 27.9 Å². The number of carbonyl (C=O) groups excluding carboxylic acids is 1. The zero-order valence-corrected chi connectivity index (χ0v) is 13.7. The largest absolute Gasteiger partial charge is 0.484 e. The molecule has 0 bridgehead atoms. The molecule has 2 rings (SSSR count). The van der Waals surface area contributed by atoms with Crippen LogP contribution in [0.1, 0.15) is 5.56 Å². The third-order valence-corrected chi connectivity index (χ3v) is 3.85. The van der Waals surface area contributed by atoms with E-state index >= 15 is 0 Å². The maximum absolute atomic E-state index is 11.8. The number of anilines is 1. The van der Waals surface area contributed by atoms with Crippen LogP contribution in [0.4, 0.5) is 5.69 Å². The number of hydrogen-bond donors (Lipinski definition) is 1. The molecule has 0 aromatic heterocycles. The van der Waals surface area contributed by atoms with E-state index in [1.807, 2.05) is 37.3 Å². The molecule has 104 valence electrons. The van der Waals surface area contributed by atoms with Crippen LogP contribution in [0.2, 0.25) is 5.02 Å². The fraction of sp³-hybridized carbons (Fsp3) is 0.133. The number of amides is 1. The van der Waals surface area contributed by atoms with Crippen molar-refractivity contribution < 1.29 is 9.53 Å². The highest BCUT2D eigenvalue weighted by Crippen LogP contribution is 2.22. The lowest BCUT2D eigenvalue weighted by molar-refractivity contribution is -0.118. The third kappa shape index (κ3) is 4.11. The molecule has 2 aromatic rings. The first-order valence-corrected chi connectivity index (χ1v) is 7.45. The Morgan fingerprint density at radius 3 is 2.65 bits per heavy atom. The van der Waals surface area contributed by atoms with Crippen LogP contribution < -0.4 is 10.1 Å². The average Bonchev–Trinajstić information content (AvgIpc) is 2.43. The smallest absolute Gasteiger partial charge is 0.262 e. The van der Waals surface area contributed by atoms with Gasteiger partial charge in [0, 0.05) is 14.3 Å². The summed E-state index contributed by atoms with van der Waals surface area (Å²) < 4.78 is 6.54. The second kappa shape index (κ2) is 6.95. The van der Waals surface area contributed by atoms with Gasteiger partial charge < -0.3 is 10.1 Å². The van der Waals surface area contributed by atoms with Crippen LogP contribution in [0.5, 0.6) is 5.75 Å². The first-order chi connectivity index (χ1) is 9.56. The molecule has 20 heavy (non-hydrogen) atoms. The van der Waals surface area contributed by atoms with Gasteiger partial charge in [0.2, 0.25) is 0 Å². The Morgan fingerprint density at radius 1 is 1.25 bits per heavy atom. The molecule has 0 fully saturated rings. The van der Waals surface area contributed by atoms with E-state index in [0.717, 1.165) is 9.13 Å². The van der Waals surface area contributed by atoms with Gasteiger partial charge >= 0.3 is 0 Å². The van der Waals surface area contributed by atoms with E-state index in [1.54, 1.807) is 12.1 Å². The van der Waals surface area contributed by atoms with Crippen molar-refractivity contribution in [2.45, 2.75) is 6.92 Å². The molecule has 2 aromatic carbocycles. The predicted molar refractivity (Wildman–Crippen MR) is 89.5 cm³/mol. The second-order valence-corrected chi connectivity index (χ2v) is 5.86. The number of carbonyl (C=O) groups is 1. The Morgan fingerprint density at radius 2 is 1.95 bits per heavy atom. The van der Waals surface area contributed by atoms with Crippen LogP contribution in [0, 0.1) is 10.5 Å². The highest BCUT2D eigenvalue weighted by atomic mass is 127. The van der Waals surface area contributed by atoms with Crippen LogP contribution >= 0.6 is 34.2 Å². The van der Waals surface area contributed by atoms with Crippen molar-refractivity contribution in [3.8, 4) is 5.75 Å². The van der Waals surface area contributed by atoms with Crippen LogP contribution in [-0.4, -0.2) is 12.5 Å². The van der Waals surface area contributed by atoms with Gasteiger partial charge in [-0.05, 0) is 71.5 Å². The minimum atomic E-state index is -0.214. The summed E-state index contributed by atoms with van der Waals surface area (Å²) in [6.45, 7) is 1.82. The molecule has 0 atom stereocenters. The van der Waals surface area contributed by atoms with Crippen molar-refractivity contribution in [2.75, 3.05) is 11.9 Å². The molecule has 0 aliphatic carbocycles. The monoisotopic (exact) mass is 401 g/mol. The van der Waals surface area contributed by atoms with Crippen LogP contribution in [0.3, 0.4) is 0 Å². The summed E-state index contributed by atoms with van der Waals surface area (Å²) in [5.41, 5.74) is 1.55. The van der Waals surface area contributed by atoms with Crippen molar-refractivity contribution >= 4 is 45.8 Å². The first kappa shape index (κ1) is 15.1. The number of rotatable bonds is 4. The SMILES string of the molecule is Cc1c(Cl)cccc1NC(=O)COc1ccc(I)cc1. The van der Waals surface area contributed by atoms with Crippen LogP contribution in [-0.2, 0) is 4.79 Å². The lowest BCUT2D eigenvalue weighted by Gasteiger charge is -2.10. The normalized spacial score (nSPS) is 10.2. The number of nitrogens with one attached hydrogen (secondary N) is 1. The summed E-state index contributed by atoms with van der Waals surface area (Å²) in [5, 5.41) is 3.41. The number of hydrogen-bond acceptors (Lipinski definition) is 2. The molecule has 1 amide bonds. The summed E-state index contributed by atoms with van der Waals surface area (Å²) in [4.78, 5) is 11.8. The summed E-state index contributed by atoms with van der Waals surface area (Å²) >= 11 is 8.21. The Balaban J connectivity index is 1.92. The van der Waals surface area contributed by atoms with Crippen LogP contribution in [0.15, 0.2) is 42.5 Å². The van der Waals surface area contributed by atoms with Gasteiger partial charge in [0.25, 0.3) is 5.91 Å². The van der Waals surface area contributed by atoms with Crippen molar-refractivity contribution in [1.82, 2.24) is 0 Å². The molecule has 3 nitrogen and oxygen atoms in total. The van der Waals surface area contributed by atoms with Gasteiger partial charge in [0.05, 0.1) is 0 Å². The maximum atomic E-state index is 11.8. The Labute approximate surface area is 136 Å². The Hall–Kier alpha value is -1.27. The zero-order chi connectivity index (χ0) is 14.5. The second-order valence-electron chi connectivity index (χ2n) is 4.20. The highest BCUT2D eigenvalue weighted by Gasteiger charge is 2.07. The molecule has 0 radical (unpaired) electrons. The molecule has 0 unspecified atom stereocenters. The topological polar surface area (TPSA) is 38.3 Å². The van der Waals surface area contributed by atoms with Crippen molar-refractivity contribution in [3.63, 3.8) is 0 Å². The molecule has 0 aliphatic heterocycles. The predicted octanol–water partition coefficient (Wildman–Crippen LogP) is 4.27. The fourth-order valence-electron chi connectivity index (χ4n) is 1.61. The van der Waals surface area contributed by atoms with Crippen molar-refractivity contribution in [2.24, 2.45) is 0 Å². The molecule has 0 heterocycles. The van der Waals surface area contributed by atoms with Gasteiger partial charge in [-0.3, -0.25) is 4.79 Å². The lowest BCUT2D eigenvalue weighted by atomic mass is 10.2. The van der Waals surface area contributed by atoms with E-state index in [1.165, 1.54) is 0 Å².